The normalized spacial score (nSPS) is 22.1. The van der Waals surface area contributed by atoms with Gasteiger partial charge in [-0.25, -0.2) is 0 Å². The molecule has 5 heteroatoms. The Bertz CT molecular complexity index is 248. The summed E-state index contributed by atoms with van der Waals surface area (Å²) in [6.45, 7) is 7.92. The van der Waals surface area contributed by atoms with Gasteiger partial charge in [-0.2, -0.15) is 0 Å². The van der Waals surface area contributed by atoms with Crippen molar-refractivity contribution in [3.63, 3.8) is 0 Å². The first-order valence-corrected chi connectivity index (χ1v) is 6.89. The SMILES string of the molecule is CCOCCCNC(=O)C(C)N1CCC(CO)C1. The average molecular weight is 258 g/mol. The molecule has 0 saturated carbocycles. The van der Waals surface area contributed by atoms with Gasteiger partial charge in [0.15, 0.2) is 0 Å². The van der Waals surface area contributed by atoms with Crippen LogP contribution in [-0.2, 0) is 9.53 Å². The highest BCUT2D eigenvalue weighted by molar-refractivity contribution is 5.81. The van der Waals surface area contributed by atoms with E-state index in [-0.39, 0.29) is 18.6 Å². The second kappa shape index (κ2) is 8.45. The van der Waals surface area contributed by atoms with Gasteiger partial charge in [0, 0.05) is 32.9 Å². The molecular formula is C13H26N2O3. The van der Waals surface area contributed by atoms with Crippen LogP contribution in [0.1, 0.15) is 26.7 Å². The number of nitrogens with one attached hydrogen (secondary N) is 1. The standard InChI is InChI=1S/C13H26N2O3/c1-3-18-8-4-6-14-13(17)11(2)15-7-5-12(9-15)10-16/h11-12,16H,3-10H2,1-2H3,(H,14,17). The van der Waals surface area contributed by atoms with Gasteiger partial charge in [-0.3, -0.25) is 9.69 Å². The summed E-state index contributed by atoms with van der Waals surface area (Å²) in [6, 6.07) is -0.103. The second-order valence-corrected chi connectivity index (χ2v) is 4.85. The molecule has 0 bridgehead atoms. The van der Waals surface area contributed by atoms with Gasteiger partial charge >= 0.3 is 0 Å². The summed E-state index contributed by atoms with van der Waals surface area (Å²) in [5, 5.41) is 12.0. The fourth-order valence-corrected chi connectivity index (χ4v) is 2.21. The lowest BCUT2D eigenvalue weighted by molar-refractivity contribution is -0.125. The molecular weight excluding hydrogens is 232 g/mol. The zero-order valence-corrected chi connectivity index (χ0v) is 11.5. The Morgan fingerprint density at radius 1 is 1.61 bits per heavy atom. The molecule has 18 heavy (non-hydrogen) atoms. The van der Waals surface area contributed by atoms with Crippen LogP contribution in [0.3, 0.4) is 0 Å². The summed E-state index contributed by atoms with van der Waals surface area (Å²) in [6.07, 6.45) is 1.84. The number of aliphatic hydroxyl groups excluding tert-OH is 1. The Kier molecular flexibility index (Phi) is 7.23. The van der Waals surface area contributed by atoms with Gasteiger partial charge < -0.3 is 15.2 Å². The van der Waals surface area contributed by atoms with Crippen molar-refractivity contribution in [2.24, 2.45) is 5.92 Å². The van der Waals surface area contributed by atoms with Crippen molar-refractivity contribution in [1.29, 1.82) is 0 Å². The summed E-state index contributed by atoms with van der Waals surface area (Å²) in [5.41, 5.74) is 0. The minimum atomic E-state index is -0.103. The van der Waals surface area contributed by atoms with Crippen LogP contribution in [0.4, 0.5) is 0 Å². The fourth-order valence-electron chi connectivity index (χ4n) is 2.21. The molecule has 1 heterocycles. The molecule has 0 spiro atoms. The molecule has 1 saturated heterocycles. The van der Waals surface area contributed by atoms with Crippen molar-refractivity contribution in [2.45, 2.75) is 32.7 Å². The highest BCUT2D eigenvalue weighted by Crippen LogP contribution is 2.17. The van der Waals surface area contributed by atoms with Crippen LogP contribution in [-0.4, -0.2) is 61.4 Å². The maximum Gasteiger partial charge on any atom is 0.237 e. The number of rotatable bonds is 8. The molecule has 0 aromatic rings. The minimum absolute atomic E-state index is 0.0742. The lowest BCUT2D eigenvalue weighted by Gasteiger charge is -2.23. The first kappa shape index (κ1) is 15.4. The van der Waals surface area contributed by atoms with Crippen molar-refractivity contribution in [1.82, 2.24) is 10.2 Å². The van der Waals surface area contributed by atoms with Gasteiger partial charge in [-0.05, 0) is 39.2 Å². The third-order valence-electron chi connectivity index (χ3n) is 3.47. The van der Waals surface area contributed by atoms with Crippen LogP contribution >= 0.6 is 0 Å². The number of ether oxygens (including phenoxy) is 1. The number of hydrogen-bond donors (Lipinski definition) is 2. The molecule has 1 aliphatic rings. The molecule has 106 valence electrons. The Balaban J connectivity index is 2.17. The summed E-state index contributed by atoms with van der Waals surface area (Å²) in [4.78, 5) is 14.0. The molecule has 2 unspecified atom stereocenters. The predicted molar refractivity (Wildman–Crippen MR) is 70.3 cm³/mol. The first-order chi connectivity index (χ1) is 8.69. The zero-order chi connectivity index (χ0) is 13.4. The highest BCUT2D eigenvalue weighted by Gasteiger charge is 2.28. The van der Waals surface area contributed by atoms with E-state index in [2.05, 4.69) is 10.2 Å². The predicted octanol–water partition coefficient (Wildman–Crippen LogP) is 0.232. The molecule has 2 N–H and O–H groups in total. The fraction of sp³-hybridized carbons (Fsp3) is 0.923. The Labute approximate surface area is 109 Å². The van der Waals surface area contributed by atoms with Crippen LogP contribution in [0.5, 0.6) is 0 Å². The van der Waals surface area contributed by atoms with Crippen molar-refractivity contribution in [2.75, 3.05) is 39.5 Å². The Morgan fingerprint density at radius 3 is 3.00 bits per heavy atom. The lowest BCUT2D eigenvalue weighted by atomic mass is 10.1. The van der Waals surface area contributed by atoms with Crippen LogP contribution in [0.25, 0.3) is 0 Å². The summed E-state index contributed by atoms with van der Waals surface area (Å²) < 4.78 is 5.21. The monoisotopic (exact) mass is 258 g/mol. The van der Waals surface area contributed by atoms with E-state index < -0.39 is 0 Å². The third kappa shape index (κ3) is 4.92. The lowest BCUT2D eigenvalue weighted by Crippen LogP contribution is -2.44. The Morgan fingerprint density at radius 2 is 2.39 bits per heavy atom. The molecule has 0 radical (unpaired) electrons. The van der Waals surface area contributed by atoms with Gasteiger partial charge in [-0.1, -0.05) is 0 Å². The molecule has 0 aliphatic carbocycles. The maximum absolute atomic E-state index is 11.9. The second-order valence-electron chi connectivity index (χ2n) is 4.85. The van der Waals surface area contributed by atoms with E-state index in [4.69, 9.17) is 9.84 Å². The highest BCUT2D eigenvalue weighted by atomic mass is 16.5. The molecule has 2 atom stereocenters. The third-order valence-corrected chi connectivity index (χ3v) is 3.47. The van der Waals surface area contributed by atoms with E-state index in [0.29, 0.717) is 19.1 Å². The maximum atomic E-state index is 11.9. The van der Waals surface area contributed by atoms with Gasteiger partial charge in [-0.15, -0.1) is 0 Å². The van der Waals surface area contributed by atoms with Crippen molar-refractivity contribution >= 4 is 5.91 Å². The number of carbonyl (C=O) groups is 1. The van der Waals surface area contributed by atoms with E-state index in [0.717, 1.165) is 32.5 Å². The van der Waals surface area contributed by atoms with E-state index in [1.165, 1.54) is 0 Å². The molecule has 1 fully saturated rings. The summed E-state index contributed by atoms with van der Waals surface area (Å²) in [5.74, 6) is 0.406. The number of likely N-dealkylation sites (tertiary alicyclic amines) is 1. The minimum Gasteiger partial charge on any atom is -0.396 e. The summed E-state index contributed by atoms with van der Waals surface area (Å²) in [7, 11) is 0. The van der Waals surface area contributed by atoms with Gasteiger partial charge in [0.05, 0.1) is 6.04 Å². The van der Waals surface area contributed by atoms with Crippen LogP contribution in [0.15, 0.2) is 0 Å². The van der Waals surface area contributed by atoms with Crippen molar-refractivity contribution < 1.29 is 14.6 Å². The van der Waals surface area contributed by atoms with Crippen LogP contribution in [0.2, 0.25) is 0 Å². The molecule has 1 amide bonds. The number of amides is 1. The first-order valence-electron chi connectivity index (χ1n) is 6.89. The zero-order valence-electron chi connectivity index (χ0n) is 11.5. The number of nitrogens with zero attached hydrogens (tertiary/aromatic N) is 1. The van der Waals surface area contributed by atoms with E-state index in [9.17, 15) is 4.79 Å². The van der Waals surface area contributed by atoms with E-state index in [1.807, 2.05) is 13.8 Å². The van der Waals surface area contributed by atoms with E-state index in [1.54, 1.807) is 0 Å². The quantitative estimate of drug-likeness (QED) is 0.612. The topological polar surface area (TPSA) is 61.8 Å². The molecule has 5 nitrogen and oxygen atoms in total. The summed E-state index contributed by atoms with van der Waals surface area (Å²) >= 11 is 0. The van der Waals surface area contributed by atoms with Gasteiger partial charge in [0.1, 0.15) is 0 Å². The average Bonchev–Trinajstić information content (AvgIpc) is 2.86. The van der Waals surface area contributed by atoms with E-state index >= 15 is 0 Å². The number of hydrogen-bond acceptors (Lipinski definition) is 4. The Hall–Kier alpha value is -0.650. The van der Waals surface area contributed by atoms with Crippen molar-refractivity contribution in [3.8, 4) is 0 Å². The molecule has 0 aromatic carbocycles. The smallest absolute Gasteiger partial charge is 0.237 e. The van der Waals surface area contributed by atoms with Crippen molar-refractivity contribution in [3.05, 3.63) is 0 Å². The molecule has 1 aliphatic heterocycles. The number of carbonyl (C=O) groups excluding carboxylic acids is 1. The van der Waals surface area contributed by atoms with Crippen LogP contribution in [0, 0.1) is 5.92 Å². The largest absolute Gasteiger partial charge is 0.396 e. The molecule has 0 aromatic heterocycles. The van der Waals surface area contributed by atoms with Gasteiger partial charge in [0.25, 0.3) is 0 Å². The van der Waals surface area contributed by atoms with Gasteiger partial charge in [0.2, 0.25) is 5.91 Å². The molecule has 1 rings (SSSR count). The van der Waals surface area contributed by atoms with Crippen LogP contribution < -0.4 is 5.32 Å². The number of aliphatic hydroxyl groups is 1.